The van der Waals surface area contributed by atoms with Crippen molar-refractivity contribution >= 4 is 6.21 Å². The van der Waals surface area contributed by atoms with Crippen LogP contribution in [0.15, 0.2) is 29.4 Å². The number of H-pyrrole nitrogens is 2. The summed E-state index contributed by atoms with van der Waals surface area (Å²) >= 11 is 0. The third kappa shape index (κ3) is 6.81. The van der Waals surface area contributed by atoms with Gasteiger partial charge in [0.15, 0.2) is 0 Å². The second-order valence-corrected chi connectivity index (χ2v) is 6.61. The van der Waals surface area contributed by atoms with Gasteiger partial charge in [0.05, 0.1) is 24.2 Å². The summed E-state index contributed by atoms with van der Waals surface area (Å²) in [7, 11) is 1.69. The van der Waals surface area contributed by atoms with E-state index in [4.69, 9.17) is 4.74 Å². The van der Waals surface area contributed by atoms with Crippen LogP contribution in [0, 0.1) is 0 Å². The van der Waals surface area contributed by atoms with Crippen molar-refractivity contribution < 1.29 is 4.74 Å². The lowest BCUT2D eigenvalue weighted by molar-refractivity contribution is 0.415. The molecule has 2 N–H and O–H groups in total. The van der Waals surface area contributed by atoms with Crippen LogP contribution in [0.5, 0.6) is 5.75 Å². The molecule has 2 aromatic rings. The van der Waals surface area contributed by atoms with Crippen molar-refractivity contribution in [3.8, 4) is 17.1 Å². The van der Waals surface area contributed by atoms with Crippen molar-refractivity contribution in [3.63, 3.8) is 0 Å². The molecule has 0 saturated heterocycles. The van der Waals surface area contributed by atoms with Gasteiger partial charge < -0.3 is 14.7 Å². The number of hydrogen-bond donors (Lipinski definition) is 2. The highest BCUT2D eigenvalue weighted by atomic mass is 16.5. The molecule has 0 aromatic carbocycles. The van der Waals surface area contributed by atoms with Gasteiger partial charge in [0.25, 0.3) is 0 Å². The third-order valence-electron chi connectivity index (χ3n) is 4.53. The van der Waals surface area contributed by atoms with Gasteiger partial charge >= 0.3 is 0 Å². The average Bonchev–Trinajstić information content (AvgIpc) is 3.29. The lowest BCUT2D eigenvalue weighted by Crippen LogP contribution is -1.90. The molecule has 0 saturated carbocycles. The molecule has 25 heavy (non-hydrogen) atoms. The van der Waals surface area contributed by atoms with Crippen molar-refractivity contribution in [1.82, 2.24) is 9.97 Å². The maximum absolute atomic E-state index is 5.44. The first kappa shape index (κ1) is 19.4. The molecule has 0 unspecified atom stereocenters. The zero-order chi connectivity index (χ0) is 17.7. The summed E-state index contributed by atoms with van der Waals surface area (Å²) in [5.74, 6) is 0.834. The SMILES string of the molecule is CCCCCCCCCCCN=Cc1[nH]c(-c2ccc[nH]2)cc1OC. The minimum atomic E-state index is 0.834. The van der Waals surface area contributed by atoms with Crippen molar-refractivity contribution in [2.24, 2.45) is 4.99 Å². The Morgan fingerprint density at radius 3 is 2.36 bits per heavy atom. The van der Waals surface area contributed by atoms with E-state index >= 15 is 0 Å². The van der Waals surface area contributed by atoms with E-state index in [0.29, 0.717) is 0 Å². The largest absolute Gasteiger partial charge is 0.494 e. The van der Waals surface area contributed by atoms with Gasteiger partial charge in [-0.3, -0.25) is 4.99 Å². The first-order valence-corrected chi connectivity index (χ1v) is 9.75. The fourth-order valence-corrected chi connectivity index (χ4v) is 3.03. The molecule has 0 spiro atoms. The zero-order valence-corrected chi connectivity index (χ0v) is 15.8. The van der Waals surface area contributed by atoms with E-state index in [9.17, 15) is 0 Å². The lowest BCUT2D eigenvalue weighted by Gasteiger charge is -2.00. The Kier molecular flexibility index (Phi) is 8.95. The van der Waals surface area contributed by atoms with Crippen LogP contribution in [0.25, 0.3) is 11.4 Å². The predicted octanol–water partition coefficient (Wildman–Crippen LogP) is 5.97. The number of methoxy groups -OCH3 is 1. The molecule has 0 bridgehead atoms. The Hall–Kier alpha value is -1.97. The fraction of sp³-hybridized carbons (Fsp3) is 0.571. The summed E-state index contributed by atoms with van der Waals surface area (Å²) < 4.78 is 5.44. The van der Waals surface area contributed by atoms with E-state index in [1.54, 1.807) is 7.11 Å². The van der Waals surface area contributed by atoms with E-state index in [0.717, 1.165) is 35.8 Å². The highest BCUT2D eigenvalue weighted by Gasteiger charge is 2.08. The van der Waals surface area contributed by atoms with Crippen LogP contribution in [0.2, 0.25) is 0 Å². The molecule has 0 aliphatic carbocycles. The minimum Gasteiger partial charge on any atom is -0.494 e. The molecule has 4 nitrogen and oxygen atoms in total. The van der Waals surface area contributed by atoms with Crippen LogP contribution in [0.1, 0.15) is 70.4 Å². The number of rotatable bonds is 13. The first-order chi connectivity index (χ1) is 12.3. The van der Waals surface area contributed by atoms with Gasteiger partial charge in [0.2, 0.25) is 0 Å². The van der Waals surface area contributed by atoms with Gasteiger partial charge in [-0.05, 0) is 18.6 Å². The number of nitrogens with zero attached hydrogens (tertiary/aromatic N) is 1. The zero-order valence-electron chi connectivity index (χ0n) is 15.8. The van der Waals surface area contributed by atoms with Gasteiger partial charge in [0, 0.05) is 25.0 Å². The summed E-state index contributed by atoms with van der Waals surface area (Å²) in [6, 6.07) is 6.03. The minimum absolute atomic E-state index is 0.834. The second-order valence-electron chi connectivity index (χ2n) is 6.61. The maximum Gasteiger partial charge on any atom is 0.146 e. The standard InChI is InChI=1S/C21H33N3O/c1-3-4-5-6-7-8-9-10-11-14-22-17-20-21(25-2)16-19(24-20)18-13-12-15-23-18/h12-13,15-17,23-24H,3-11,14H2,1-2H3. The van der Waals surface area contributed by atoms with Crippen molar-refractivity contribution in [1.29, 1.82) is 0 Å². The number of hydrogen-bond acceptors (Lipinski definition) is 2. The lowest BCUT2D eigenvalue weighted by atomic mass is 10.1. The van der Waals surface area contributed by atoms with E-state index < -0.39 is 0 Å². The number of aliphatic imine (C=N–C) groups is 1. The Labute approximate surface area is 152 Å². The van der Waals surface area contributed by atoms with Crippen molar-refractivity contribution in [3.05, 3.63) is 30.1 Å². The summed E-state index contributed by atoms with van der Waals surface area (Å²) in [6.07, 6.45) is 15.9. The number of unbranched alkanes of at least 4 members (excludes halogenated alkanes) is 8. The van der Waals surface area contributed by atoms with Gasteiger partial charge in [-0.25, -0.2) is 0 Å². The van der Waals surface area contributed by atoms with Crippen LogP contribution in [0.3, 0.4) is 0 Å². The highest BCUT2D eigenvalue weighted by Crippen LogP contribution is 2.25. The molecule has 2 heterocycles. The number of ether oxygens (including phenoxy) is 1. The van der Waals surface area contributed by atoms with Crippen molar-refractivity contribution in [2.45, 2.75) is 64.7 Å². The molecular formula is C21H33N3O. The molecule has 0 aliphatic heterocycles. The Bertz CT molecular complexity index is 599. The monoisotopic (exact) mass is 343 g/mol. The quantitative estimate of drug-likeness (QED) is 0.342. The predicted molar refractivity (Wildman–Crippen MR) is 107 cm³/mol. The molecule has 0 radical (unpaired) electrons. The maximum atomic E-state index is 5.44. The Morgan fingerprint density at radius 1 is 1.00 bits per heavy atom. The van der Waals surface area contributed by atoms with E-state index in [2.05, 4.69) is 21.9 Å². The summed E-state index contributed by atoms with van der Waals surface area (Å²) in [5, 5.41) is 0. The van der Waals surface area contributed by atoms with Crippen molar-refractivity contribution in [2.75, 3.05) is 13.7 Å². The van der Waals surface area contributed by atoms with E-state index in [1.165, 1.54) is 51.4 Å². The van der Waals surface area contributed by atoms with Crippen LogP contribution >= 0.6 is 0 Å². The number of aromatic amines is 2. The summed E-state index contributed by atoms with van der Waals surface area (Å²) in [5.41, 5.74) is 3.01. The van der Waals surface area contributed by atoms with Crippen LogP contribution in [-0.2, 0) is 0 Å². The molecule has 0 fully saturated rings. The molecular weight excluding hydrogens is 310 g/mol. The molecule has 0 amide bonds. The molecule has 4 heteroatoms. The third-order valence-corrected chi connectivity index (χ3v) is 4.53. The average molecular weight is 344 g/mol. The van der Waals surface area contributed by atoms with Gasteiger partial charge in [-0.15, -0.1) is 0 Å². The van der Waals surface area contributed by atoms with E-state index in [-0.39, 0.29) is 0 Å². The number of nitrogens with one attached hydrogen (secondary N) is 2. The van der Waals surface area contributed by atoms with Crippen LogP contribution in [-0.4, -0.2) is 29.8 Å². The summed E-state index contributed by atoms with van der Waals surface area (Å²) in [4.78, 5) is 11.1. The van der Waals surface area contributed by atoms with E-state index in [1.807, 2.05) is 30.6 Å². The first-order valence-electron chi connectivity index (χ1n) is 9.75. The fourth-order valence-electron chi connectivity index (χ4n) is 3.03. The summed E-state index contributed by atoms with van der Waals surface area (Å²) in [6.45, 7) is 3.15. The van der Waals surface area contributed by atoms with Crippen LogP contribution < -0.4 is 4.74 Å². The number of aromatic nitrogens is 2. The topological polar surface area (TPSA) is 53.2 Å². The van der Waals surface area contributed by atoms with Gasteiger partial charge in [0.1, 0.15) is 5.75 Å². The molecule has 2 rings (SSSR count). The molecule has 138 valence electrons. The molecule has 0 aliphatic rings. The molecule has 2 aromatic heterocycles. The van der Waals surface area contributed by atoms with Gasteiger partial charge in [-0.1, -0.05) is 58.3 Å². The van der Waals surface area contributed by atoms with Gasteiger partial charge in [-0.2, -0.15) is 0 Å². The smallest absolute Gasteiger partial charge is 0.146 e. The highest BCUT2D eigenvalue weighted by molar-refractivity contribution is 5.83. The Morgan fingerprint density at radius 2 is 1.72 bits per heavy atom. The normalized spacial score (nSPS) is 11.4. The molecule has 0 atom stereocenters. The second kappa shape index (κ2) is 11.6. The van der Waals surface area contributed by atoms with Crippen LogP contribution in [0.4, 0.5) is 0 Å². The Balaban J connectivity index is 1.65.